The van der Waals surface area contributed by atoms with Gasteiger partial charge in [0.1, 0.15) is 12.4 Å². The van der Waals surface area contributed by atoms with E-state index in [-0.39, 0.29) is 12.5 Å². The van der Waals surface area contributed by atoms with Crippen molar-refractivity contribution in [3.63, 3.8) is 0 Å². The zero-order valence-electron chi connectivity index (χ0n) is 13.9. The molecule has 0 heterocycles. The van der Waals surface area contributed by atoms with E-state index in [1.54, 1.807) is 31.3 Å². The quantitative estimate of drug-likeness (QED) is 0.791. The molecule has 0 saturated heterocycles. The average Bonchev–Trinajstić information content (AvgIpc) is 2.60. The minimum Gasteiger partial charge on any atom is -0.409 e. The molecule has 2 aromatic rings. The number of nitrogens with zero attached hydrogens (tertiary/aromatic N) is 2. The topological polar surface area (TPSA) is 59.1 Å². The molecule has 24 heavy (non-hydrogen) atoms. The molecule has 126 valence electrons. The highest BCUT2D eigenvalue weighted by atomic mass is 16.7. The molecular weight excluding hydrogens is 308 g/mol. The second-order valence-electron chi connectivity index (χ2n) is 5.20. The van der Waals surface area contributed by atoms with Crippen LogP contribution in [0.2, 0.25) is 0 Å². The zero-order valence-corrected chi connectivity index (χ0v) is 13.9. The van der Waals surface area contributed by atoms with Crippen LogP contribution in [-0.4, -0.2) is 31.2 Å². The lowest BCUT2D eigenvalue weighted by Gasteiger charge is -2.17. The van der Waals surface area contributed by atoms with Crippen molar-refractivity contribution in [2.75, 3.05) is 19.0 Å². The van der Waals surface area contributed by atoms with Crippen molar-refractivity contribution in [3.8, 4) is 5.75 Å². The van der Waals surface area contributed by atoms with Crippen molar-refractivity contribution in [3.05, 3.63) is 60.2 Å². The monoisotopic (exact) mass is 328 g/mol. The van der Waals surface area contributed by atoms with Crippen LogP contribution in [0.1, 0.15) is 12.5 Å². The summed E-state index contributed by atoms with van der Waals surface area (Å²) >= 11 is 0. The van der Waals surface area contributed by atoms with E-state index < -0.39 is 6.09 Å². The van der Waals surface area contributed by atoms with Crippen molar-refractivity contribution >= 4 is 17.7 Å². The molecule has 0 spiro atoms. The van der Waals surface area contributed by atoms with E-state index in [4.69, 9.17) is 9.57 Å². The van der Waals surface area contributed by atoms with Gasteiger partial charge in [0.05, 0.1) is 0 Å². The molecule has 2 aromatic carbocycles. The molecule has 0 N–H and O–H groups in total. The smallest absolute Gasteiger partial charge is 0.409 e. The first-order valence-corrected chi connectivity index (χ1v) is 7.44. The fourth-order valence-electron chi connectivity index (χ4n) is 1.88. The Morgan fingerprint density at radius 1 is 0.958 bits per heavy atom. The van der Waals surface area contributed by atoms with E-state index in [0.29, 0.717) is 5.75 Å². The van der Waals surface area contributed by atoms with Crippen molar-refractivity contribution in [2.45, 2.75) is 13.5 Å². The molecule has 6 heteroatoms. The number of hydrogen-bond donors (Lipinski definition) is 0. The van der Waals surface area contributed by atoms with Crippen LogP contribution in [0.4, 0.5) is 10.5 Å². The summed E-state index contributed by atoms with van der Waals surface area (Å²) in [5, 5.41) is 1.04. The van der Waals surface area contributed by atoms with Gasteiger partial charge in [-0.25, -0.2) is 4.79 Å². The van der Waals surface area contributed by atoms with Crippen LogP contribution < -0.4 is 9.64 Å². The predicted molar refractivity (Wildman–Crippen MR) is 90.5 cm³/mol. The number of anilines is 1. The molecule has 2 amide bonds. The molecule has 0 unspecified atom stereocenters. The maximum Gasteiger partial charge on any atom is 0.439 e. The minimum absolute atomic E-state index is 0.0752. The lowest BCUT2D eigenvalue weighted by molar-refractivity contribution is -0.120. The molecule has 2 rings (SSSR count). The molecule has 0 aliphatic rings. The number of carbonyl (C=O) groups excluding carboxylic acids is 2. The highest BCUT2D eigenvalue weighted by molar-refractivity contribution is 5.90. The van der Waals surface area contributed by atoms with Gasteiger partial charge in [-0.1, -0.05) is 30.3 Å². The second kappa shape index (κ2) is 8.12. The van der Waals surface area contributed by atoms with Crippen molar-refractivity contribution in [2.24, 2.45) is 0 Å². The molecule has 0 radical (unpaired) electrons. The Bertz CT molecular complexity index is 686. The zero-order chi connectivity index (χ0) is 17.5. The Morgan fingerprint density at radius 2 is 1.58 bits per heavy atom. The number of hydroxylamine groups is 2. The minimum atomic E-state index is -0.626. The first kappa shape index (κ1) is 17.5. The predicted octanol–water partition coefficient (Wildman–Crippen LogP) is 3.23. The number of hydrogen-bond acceptors (Lipinski definition) is 4. The van der Waals surface area contributed by atoms with E-state index in [0.717, 1.165) is 16.3 Å². The van der Waals surface area contributed by atoms with Gasteiger partial charge < -0.3 is 9.64 Å². The third kappa shape index (κ3) is 4.82. The highest BCUT2D eigenvalue weighted by Crippen LogP contribution is 2.19. The van der Waals surface area contributed by atoms with Gasteiger partial charge in [0, 0.05) is 26.7 Å². The summed E-state index contributed by atoms with van der Waals surface area (Å²) in [6.45, 7) is 1.75. The molecule has 0 fully saturated rings. The Labute approximate surface area is 141 Å². The summed E-state index contributed by atoms with van der Waals surface area (Å²) in [7, 11) is 3.16. The third-order valence-electron chi connectivity index (χ3n) is 3.43. The molecule has 0 aromatic heterocycles. The number of carbonyl (C=O) groups is 2. The van der Waals surface area contributed by atoms with Gasteiger partial charge in [-0.05, 0) is 29.8 Å². The fourth-order valence-corrected chi connectivity index (χ4v) is 1.88. The van der Waals surface area contributed by atoms with Gasteiger partial charge in [0.15, 0.2) is 0 Å². The molecule has 0 atom stereocenters. The summed E-state index contributed by atoms with van der Waals surface area (Å²) in [6.07, 6.45) is -0.626. The first-order chi connectivity index (χ1) is 11.5. The summed E-state index contributed by atoms with van der Waals surface area (Å²) in [5.41, 5.74) is 1.67. The Morgan fingerprint density at radius 3 is 2.17 bits per heavy atom. The number of benzene rings is 2. The van der Waals surface area contributed by atoms with Gasteiger partial charge in [-0.15, -0.1) is 0 Å². The van der Waals surface area contributed by atoms with Crippen LogP contribution in [0.3, 0.4) is 0 Å². The van der Waals surface area contributed by atoms with Gasteiger partial charge >= 0.3 is 6.09 Å². The average molecular weight is 328 g/mol. The van der Waals surface area contributed by atoms with Gasteiger partial charge in [-0.3, -0.25) is 9.63 Å². The van der Waals surface area contributed by atoms with Gasteiger partial charge in [-0.2, -0.15) is 5.06 Å². The molecular formula is C18H20N2O4. The molecule has 6 nitrogen and oxygen atoms in total. The van der Waals surface area contributed by atoms with Crippen LogP contribution in [0.15, 0.2) is 54.6 Å². The van der Waals surface area contributed by atoms with Crippen molar-refractivity contribution < 1.29 is 19.2 Å². The first-order valence-electron chi connectivity index (χ1n) is 7.44. The summed E-state index contributed by atoms with van der Waals surface area (Å²) in [6, 6.07) is 16.2. The van der Waals surface area contributed by atoms with E-state index >= 15 is 0 Å². The van der Waals surface area contributed by atoms with Crippen molar-refractivity contribution in [1.29, 1.82) is 0 Å². The number of amides is 2. The second-order valence-corrected chi connectivity index (χ2v) is 5.20. The maximum atomic E-state index is 12.0. The lowest BCUT2D eigenvalue weighted by Crippen LogP contribution is -2.29. The third-order valence-corrected chi connectivity index (χ3v) is 3.43. The number of ether oxygens (including phenoxy) is 1. The largest absolute Gasteiger partial charge is 0.439 e. The van der Waals surface area contributed by atoms with Crippen LogP contribution in [0.25, 0.3) is 0 Å². The summed E-state index contributed by atoms with van der Waals surface area (Å²) in [4.78, 5) is 30.1. The van der Waals surface area contributed by atoms with Crippen LogP contribution >= 0.6 is 0 Å². The van der Waals surface area contributed by atoms with Crippen molar-refractivity contribution in [1.82, 2.24) is 5.06 Å². The summed E-state index contributed by atoms with van der Waals surface area (Å²) in [5.74, 6) is 0.296. The fraction of sp³-hybridized carbons (Fsp3) is 0.222. The maximum absolute atomic E-state index is 12.0. The lowest BCUT2D eigenvalue weighted by atomic mass is 10.2. The Kier molecular flexibility index (Phi) is 5.92. The van der Waals surface area contributed by atoms with Gasteiger partial charge in [0.25, 0.3) is 0 Å². The highest BCUT2D eigenvalue weighted by Gasteiger charge is 2.13. The molecule has 0 aliphatic carbocycles. The van der Waals surface area contributed by atoms with Crippen LogP contribution in [-0.2, 0) is 16.2 Å². The van der Waals surface area contributed by atoms with E-state index in [1.807, 2.05) is 30.3 Å². The van der Waals surface area contributed by atoms with Gasteiger partial charge in [0.2, 0.25) is 5.91 Å². The molecule has 0 bridgehead atoms. The van der Waals surface area contributed by atoms with E-state index in [2.05, 4.69) is 0 Å². The number of rotatable bonds is 5. The van der Waals surface area contributed by atoms with Crippen LogP contribution in [0.5, 0.6) is 5.75 Å². The van der Waals surface area contributed by atoms with E-state index in [9.17, 15) is 9.59 Å². The standard InChI is InChI=1S/C18H20N2O4/c1-14(21)19(2)16-9-11-17(12-10-16)24-18(22)20(3)23-13-15-7-5-4-6-8-15/h4-12H,13H2,1-3H3. The SMILES string of the molecule is CC(=O)N(C)c1ccc(OC(=O)N(C)OCc2ccccc2)cc1. The van der Waals surface area contributed by atoms with E-state index in [1.165, 1.54) is 18.9 Å². The Hall–Kier alpha value is -2.86. The Balaban J connectivity index is 1.88. The molecule has 0 saturated carbocycles. The van der Waals surface area contributed by atoms with Crippen LogP contribution in [0, 0.1) is 0 Å². The normalized spacial score (nSPS) is 10.1. The summed E-state index contributed by atoms with van der Waals surface area (Å²) < 4.78 is 5.22. The molecule has 0 aliphatic heterocycles.